The summed E-state index contributed by atoms with van der Waals surface area (Å²) in [5, 5.41) is 7.17. The lowest BCUT2D eigenvalue weighted by Crippen LogP contribution is -1.90. The van der Waals surface area contributed by atoms with Gasteiger partial charge in [0.15, 0.2) is 0 Å². The zero-order chi connectivity index (χ0) is 21.7. The van der Waals surface area contributed by atoms with Gasteiger partial charge in [0.1, 0.15) is 0 Å². The van der Waals surface area contributed by atoms with Gasteiger partial charge in [-0.15, -0.1) is 0 Å². The highest BCUT2D eigenvalue weighted by atomic mass is 79.9. The van der Waals surface area contributed by atoms with Gasteiger partial charge < -0.3 is 0 Å². The van der Waals surface area contributed by atoms with Crippen molar-refractivity contribution in [3.63, 3.8) is 0 Å². The molecule has 0 aliphatic heterocycles. The third kappa shape index (κ3) is 2.97. The van der Waals surface area contributed by atoms with E-state index in [1.54, 1.807) is 0 Å². The second-order valence-electron chi connectivity index (χ2n) is 7.81. The standard InChI is InChI=1S/C30H19Br/c31-30-27-15-7-5-13-25(27)29(26-14-6-8-16-28(26)30)24-12-4-3-11-23(24)22-18-17-20-9-1-2-10-21(20)19-22/h1-19H/i1D. The number of halogens is 1. The van der Waals surface area contributed by atoms with Crippen molar-refractivity contribution in [1.82, 2.24) is 0 Å². The smallest absolute Gasteiger partial charge is 0.0616 e. The molecule has 0 radical (unpaired) electrons. The fraction of sp³-hybridized carbons (Fsp3) is 0. The Labute approximate surface area is 191 Å². The second-order valence-corrected chi connectivity index (χ2v) is 8.61. The summed E-state index contributed by atoms with van der Waals surface area (Å²) in [4.78, 5) is 0. The Balaban J connectivity index is 1.70. The molecule has 0 fully saturated rings. The van der Waals surface area contributed by atoms with Crippen LogP contribution in [0, 0.1) is 0 Å². The van der Waals surface area contributed by atoms with Crippen LogP contribution in [0.5, 0.6) is 0 Å². The van der Waals surface area contributed by atoms with Crippen LogP contribution < -0.4 is 0 Å². The van der Waals surface area contributed by atoms with E-state index in [9.17, 15) is 0 Å². The summed E-state index contributed by atoms with van der Waals surface area (Å²) < 4.78 is 9.05. The number of hydrogen-bond acceptors (Lipinski definition) is 0. The lowest BCUT2D eigenvalue weighted by Gasteiger charge is -2.17. The molecule has 0 saturated carbocycles. The van der Waals surface area contributed by atoms with Crippen molar-refractivity contribution in [1.29, 1.82) is 0 Å². The van der Waals surface area contributed by atoms with Crippen LogP contribution in [0.4, 0.5) is 0 Å². The van der Waals surface area contributed by atoms with Crippen LogP contribution in [0.1, 0.15) is 1.37 Å². The minimum absolute atomic E-state index is 0.540. The van der Waals surface area contributed by atoms with E-state index in [0.717, 1.165) is 15.2 Å². The van der Waals surface area contributed by atoms with Gasteiger partial charge in [0, 0.05) is 4.47 Å². The van der Waals surface area contributed by atoms with Gasteiger partial charge in [0.2, 0.25) is 0 Å². The summed E-state index contributed by atoms with van der Waals surface area (Å²) in [5.74, 6) is 0. The van der Waals surface area contributed by atoms with E-state index in [1.807, 2.05) is 18.2 Å². The number of benzene rings is 6. The van der Waals surface area contributed by atoms with Crippen LogP contribution in [-0.2, 0) is 0 Å². The van der Waals surface area contributed by atoms with Crippen LogP contribution in [0.15, 0.2) is 120 Å². The molecule has 0 aliphatic carbocycles. The SMILES string of the molecule is [2H]c1ccc2cc(-c3ccccc3-c3c4ccccc4c(Br)c4ccccc34)ccc2c1. The van der Waals surface area contributed by atoms with Gasteiger partial charge in [-0.05, 0) is 76.6 Å². The van der Waals surface area contributed by atoms with E-state index >= 15 is 0 Å². The van der Waals surface area contributed by atoms with Gasteiger partial charge in [-0.25, -0.2) is 0 Å². The number of hydrogen-bond donors (Lipinski definition) is 0. The fourth-order valence-corrected chi connectivity index (χ4v) is 5.30. The molecular formula is C30H19Br. The summed E-state index contributed by atoms with van der Waals surface area (Å²) in [6.07, 6.45) is 0. The molecule has 0 bridgehead atoms. The van der Waals surface area contributed by atoms with Gasteiger partial charge in [-0.3, -0.25) is 0 Å². The first-order chi connectivity index (χ1) is 15.7. The highest BCUT2D eigenvalue weighted by Crippen LogP contribution is 2.44. The molecule has 0 unspecified atom stereocenters. The Morgan fingerprint density at radius 3 is 1.84 bits per heavy atom. The van der Waals surface area contributed by atoms with Crippen molar-refractivity contribution in [3.8, 4) is 22.3 Å². The second kappa shape index (κ2) is 7.37. The van der Waals surface area contributed by atoms with Crippen molar-refractivity contribution in [2.45, 2.75) is 0 Å². The molecule has 0 N–H and O–H groups in total. The molecular weight excluding hydrogens is 440 g/mol. The maximum absolute atomic E-state index is 7.91. The van der Waals surface area contributed by atoms with Gasteiger partial charge in [0.25, 0.3) is 0 Å². The monoisotopic (exact) mass is 459 g/mol. The molecule has 0 aromatic heterocycles. The summed E-state index contributed by atoms with van der Waals surface area (Å²) in [5.41, 5.74) is 4.88. The zero-order valence-corrected chi connectivity index (χ0v) is 18.4. The molecule has 0 saturated heterocycles. The maximum Gasteiger partial charge on any atom is 0.0623 e. The molecule has 6 aromatic carbocycles. The summed E-state index contributed by atoms with van der Waals surface area (Å²) in [6, 6.07) is 38.8. The predicted molar refractivity (Wildman–Crippen MR) is 138 cm³/mol. The third-order valence-corrected chi connectivity index (χ3v) is 6.91. The highest BCUT2D eigenvalue weighted by Gasteiger charge is 2.16. The average molecular weight is 460 g/mol. The maximum atomic E-state index is 7.91. The van der Waals surface area contributed by atoms with Crippen molar-refractivity contribution in [2.75, 3.05) is 0 Å². The van der Waals surface area contributed by atoms with E-state index in [0.29, 0.717) is 6.04 Å². The first kappa shape index (κ1) is 17.3. The van der Waals surface area contributed by atoms with Crippen LogP contribution in [0.3, 0.4) is 0 Å². The normalized spacial score (nSPS) is 11.8. The van der Waals surface area contributed by atoms with Crippen LogP contribution in [0.2, 0.25) is 0 Å². The molecule has 6 rings (SSSR count). The number of fused-ring (bicyclic) bond motifs is 3. The lowest BCUT2D eigenvalue weighted by molar-refractivity contribution is 1.62. The topological polar surface area (TPSA) is 0 Å². The molecule has 0 atom stereocenters. The molecule has 0 spiro atoms. The van der Waals surface area contributed by atoms with Crippen molar-refractivity contribution >= 4 is 48.2 Å². The van der Waals surface area contributed by atoms with Gasteiger partial charge in [-0.2, -0.15) is 0 Å². The van der Waals surface area contributed by atoms with Crippen LogP contribution in [-0.4, -0.2) is 0 Å². The van der Waals surface area contributed by atoms with Crippen LogP contribution in [0.25, 0.3) is 54.6 Å². The van der Waals surface area contributed by atoms with Crippen molar-refractivity contribution in [3.05, 3.63) is 120 Å². The molecule has 1 heteroatoms. The Morgan fingerprint density at radius 2 is 1.13 bits per heavy atom. The molecule has 0 aliphatic rings. The molecule has 6 aromatic rings. The summed E-state index contributed by atoms with van der Waals surface area (Å²) in [6.45, 7) is 0. The Kier molecular flexibility index (Phi) is 4.11. The van der Waals surface area contributed by atoms with Crippen LogP contribution >= 0.6 is 15.9 Å². The summed E-state index contributed by atoms with van der Waals surface area (Å²) >= 11 is 3.87. The Bertz CT molecular complexity index is 1590. The lowest BCUT2D eigenvalue weighted by atomic mass is 9.87. The van der Waals surface area contributed by atoms with Gasteiger partial charge in [0.05, 0.1) is 1.37 Å². The highest BCUT2D eigenvalue weighted by molar-refractivity contribution is 9.10. The zero-order valence-electron chi connectivity index (χ0n) is 17.8. The molecule has 0 heterocycles. The Morgan fingerprint density at radius 1 is 0.516 bits per heavy atom. The average Bonchev–Trinajstić information content (AvgIpc) is 2.84. The van der Waals surface area contributed by atoms with E-state index in [1.165, 1.54) is 43.8 Å². The minimum atomic E-state index is 0.540. The molecule has 0 nitrogen and oxygen atoms in total. The van der Waals surface area contributed by atoms with Crippen molar-refractivity contribution < 1.29 is 1.37 Å². The predicted octanol–water partition coefficient (Wildman–Crippen LogP) is 9.24. The molecule has 0 amide bonds. The molecule has 146 valence electrons. The van der Waals surface area contributed by atoms with Gasteiger partial charge >= 0.3 is 0 Å². The summed E-state index contributed by atoms with van der Waals surface area (Å²) in [7, 11) is 0. The fourth-order valence-electron chi connectivity index (χ4n) is 4.61. The third-order valence-electron chi connectivity index (χ3n) is 6.06. The van der Waals surface area contributed by atoms with E-state index in [-0.39, 0.29) is 0 Å². The van der Waals surface area contributed by atoms with E-state index in [2.05, 4.69) is 107 Å². The Hall–Kier alpha value is -3.42. The minimum Gasteiger partial charge on any atom is -0.0616 e. The van der Waals surface area contributed by atoms with E-state index < -0.39 is 0 Å². The molecule has 31 heavy (non-hydrogen) atoms. The van der Waals surface area contributed by atoms with Gasteiger partial charge in [-0.1, -0.05) is 109 Å². The first-order valence-corrected chi connectivity index (χ1v) is 11.2. The first-order valence-electron chi connectivity index (χ1n) is 10.9. The van der Waals surface area contributed by atoms with E-state index in [4.69, 9.17) is 1.37 Å². The number of rotatable bonds is 2. The quantitative estimate of drug-likeness (QED) is 0.226. The van der Waals surface area contributed by atoms with Crippen molar-refractivity contribution in [2.24, 2.45) is 0 Å². The largest absolute Gasteiger partial charge is 0.0623 e.